The van der Waals surface area contributed by atoms with Crippen molar-refractivity contribution in [1.29, 1.82) is 0 Å². The van der Waals surface area contributed by atoms with Crippen LogP contribution in [0.5, 0.6) is 11.5 Å². The van der Waals surface area contributed by atoms with Gasteiger partial charge >= 0.3 is 11.8 Å². The summed E-state index contributed by atoms with van der Waals surface area (Å²) in [4.78, 5) is 49.0. The van der Waals surface area contributed by atoms with Crippen LogP contribution in [0, 0.1) is 0 Å². The summed E-state index contributed by atoms with van der Waals surface area (Å²) in [5, 5.41) is 28.8. The molecule has 0 aliphatic carbocycles. The van der Waals surface area contributed by atoms with E-state index >= 15 is 0 Å². The van der Waals surface area contributed by atoms with Gasteiger partial charge in [0.2, 0.25) is 0 Å². The van der Waals surface area contributed by atoms with Gasteiger partial charge in [-0.05, 0) is 24.3 Å². The van der Waals surface area contributed by atoms with Gasteiger partial charge in [-0.3, -0.25) is 19.2 Å². The quantitative estimate of drug-likeness (QED) is 0.184. The summed E-state index contributed by atoms with van der Waals surface area (Å²) in [6.07, 6.45) is 1.85. The Morgan fingerprint density at radius 2 is 1.08 bits per heavy atom. The van der Waals surface area contributed by atoms with Gasteiger partial charge in [0.05, 0.1) is 23.5 Å². The second kappa shape index (κ2) is 9.54. The number of aryl methyl sites for hydroxylation is 2. The molecule has 0 fully saturated rings. The van der Waals surface area contributed by atoms with Crippen LogP contribution in [0.2, 0.25) is 0 Å². The van der Waals surface area contributed by atoms with E-state index in [2.05, 4.69) is 10.2 Å². The van der Waals surface area contributed by atoms with Crippen molar-refractivity contribution >= 4 is 46.0 Å². The Morgan fingerprint density at radius 1 is 0.722 bits per heavy atom. The Hall–Kier alpha value is -5.26. The van der Waals surface area contributed by atoms with Gasteiger partial charge < -0.3 is 19.3 Å². The molecular weight excluding hydrogens is 468 g/mol. The maximum absolute atomic E-state index is 12.5. The number of fused-ring (bicyclic) bond motifs is 2. The average Bonchev–Trinajstić information content (AvgIpc) is 2.89. The molecule has 4 N–H and O–H groups in total. The van der Waals surface area contributed by atoms with Crippen LogP contribution in [0.1, 0.15) is 11.1 Å². The fraction of sp³-hybridized carbons (Fsp3) is 0.0833. The van der Waals surface area contributed by atoms with Crippen LogP contribution in [-0.4, -0.2) is 43.6 Å². The molecule has 2 aromatic carbocycles. The number of hydrazone groups is 2. The van der Waals surface area contributed by atoms with Crippen LogP contribution in [0.4, 0.5) is 0 Å². The molecule has 0 spiro atoms. The van der Waals surface area contributed by atoms with E-state index in [4.69, 9.17) is 0 Å². The second-order valence-electron chi connectivity index (χ2n) is 7.69. The van der Waals surface area contributed by atoms with Gasteiger partial charge in [-0.15, -0.1) is 0 Å². The van der Waals surface area contributed by atoms with Gasteiger partial charge in [0.1, 0.15) is 22.6 Å². The summed E-state index contributed by atoms with van der Waals surface area (Å²) in [6, 6.07) is 13.4. The third-order valence-corrected chi connectivity index (χ3v) is 5.55. The number of hydrogen-bond acceptors (Lipinski definition) is 8. The van der Waals surface area contributed by atoms with Gasteiger partial charge in [-0.2, -0.15) is 10.2 Å². The molecular formula is C24H20N6O6. The number of nitrogens with zero attached hydrogens (tertiary/aromatic N) is 4. The summed E-state index contributed by atoms with van der Waals surface area (Å²) in [7, 11) is 3.04. The lowest BCUT2D eigenvalue weighted by molar-refractivity contribution is -0.139. The smallest absolute Gasteiger partial charge is 0.331 e. The average molecular weight is 488 g/mol. The van der Waals surface area contributed by atoms with Crippen LogP contribution in [0.3, 0.4) is 0 Å². The number of para-hydroxylation sites is 2. The number of amides is 2. The van der Waals surface area contributed by atoms with Crippen molar-refractivity contribution in [2.24, 2.45) is 24.3 Å². The number of carbonyl (C=O) groups excluding carboxylic acids is 2. The van der Waals surface area contributed by atoms with E-state index in [1.54, 1.807) is 48.5 Å². The Balaban J connectivity index is 1.47. The third kappa shape index (κ3) is 4.18. The lowest BCUT2D eigenvalue weighted by Crippen LogP contribution is -2.35. The largest absolute Gasteiger partial charge is 0.506 e. The predicted octanol–water partition coefficient (Wildman–Crippen LogP) is 0.402. The molecule has 0 radical (unpaired) electrons. The highest BCUT2D eigenvalue weighted by Gasteiger charge is 2.16. The van der Waals surface area contributed by atoms with E-state index in [1.807, 2.05) is 10.9 Å². The van der Waals surface area contributed by atoms with Gasteiger partial charge in [0.25, 0.3) is 11.1 Å². The van der Waals surface area contributed by atoms with Crippen LogP contribution in [0.25, 0.3) is 21.8 Å². The first kappa shape index (κ1) is 23.9. The normalized spacial score (nSPS) is 11.5. The van der Waals surface area contributed by atoms with E-state index in [0.717, 1.165) is 12.4 Å². The molecule has 0 atom stereocenters. The predicted molar refractivity (Wildman–Crippen MR) is 133 cm³/mol. The van der Waals surface area contributed by atoms with Crippen molar-refractivity contribution in [3.8, 4) is 11.5 Å². The highest BCUT2D eigenvalue weighted by molar-refractivity contribution is 6.35. The zero-order valence-corrected chi connectivity index (χ0v) is 19.1. The first-order chi connectivity index (χ1) is 17.2. The summed E-state index contributed by atoms with van der Waals surface area (Å²) >= 11 is 0. The van der Waals surface area contributed by atoms with Crippen LogP contribution < -0.4 is 22.0 Å². The number of benzene rings is 2. The standard InChI is InChI=1S/C24H20N6O6/c1-29-17-9-5-3-7-13(17)19(31)15(23(29)35)11-25-27-21(33)22(34)28-26-12-16-20(32)14-8-4-6-10-18(14)30(2)24(16)36/h3-12,31-32H,1-2H3,(H,27,33)(H,28,34). The minimum Gasteiger partial charge on any atom is -0.506 e. The molecule has 182 valence electrons. The number of pyridine rings is 2. The highest BCUT2D eigenvalue weighted by atomic mass is 16.3. The van der Waals surface area contributed by atoms with Gasteiger partial charge in [0, 0.05) is 24.9 Å². The zero-order valence-electron chi connectivity index (χ0n) is 19.1. The molecule has 2 aromatic heterocycles. The molecule has 0 bridgehead atoms. The number of aromatic nitrogens is 2. The molecule has 4 aromatic rings. The van der Waals surface area contributed by atoms with Crippen LogP contribution in [0.15, 0.2) is 68.3 Å². The molecule has 0 aliphatic rings. The van der Waals surface area contributed by atoms with E-state index in [-0.39, 0.29) is 22.6 Å². The summed E-state index contributed by atoms with van der Waals surface area (Å²) in [5.41, 5.74) is 3.38. The molecule has 12 heteroatoms. The number of carbonyl (C=O) groups is 2. The Kier molecular flexibility index (Phi) is 6.33. The van der Waals surface area contributed by atoms with Crippen molar-refractivity contribution in [3.05, 3.63) is 80.4 Å². The van der Waals surface area contributed by atoms with Crippen molar-refractivity contribution in [2.45, 2.75) is 0 Å². The second-order valence-corrected chi connectivity index (χ2v) is 7.69. The minimum absolute atomic E-state index is 0.183. The first-order valence-corrected chi connectivity index (χ1v) is 10.5. The molecule has 4 rings (SSSR count). The SMILES string of the molecule is Cn1c(=O)c(C=NNC(=O)C(=O)NN=Cc2c(O)c3ccccc3n(C)c2=O)c(O)c2ccccc21. The fourth-order valence-electron chi connectivity index (χ4n) is 3.65. The number of aromatic hydroxyl groups is 2. The van der Waals surface area contributed by atoms with E-state index in [9.17, 15) is 29.4 Å². The molecule has 36 heavy (non-hydrogen) atoms. The minimum atomic E-state index is -1.23. The number of hydrogen-bond donors (Lipinski definition) is 4. The van der Waals surface area contributed by atoms with Crippen LogP contribution >= 0.6 is 0 Å². The van der Waals surface area contributed by atoms with Gasteiger partial charge in [0.15, 0.2) is 0 Å². The van der Waals surface area contributed by atoms with Crippen molar-refractivity contribution < 1.29 is 19.8 Å². The molecule has 12 nitrogen and oxygen atoms in total. The molecule has 0 saturated carbocycles. The van der Waals surface area contributed by atoms with E-state index in [1.165, 1.54) is 23.2 Å². The third-order valence-electron chi connectivity index (χ3n) is 5.55. The zero-order chi connectivity index (χ0) is 26.0. The fourth-order valence-corrected chi connectivity index (χ4v) is 3.65. The maximum Gasteiger partial charge on any atom is 0.331 e. The van der Waals surface area contributed by atoms with E-state index in [0.29, 0.717) is 21.8 Å². The van der Waals surface area contributed by atoms with E-state index < -0.39 is 22.9 Å². The van der Waals surface area contributed by atoms with Crippen LogP contribution in [-0.2, 0) is 23.7 Å². The van der Waals surface area contributed by atoms with Gasteiger partial charge in [-0.1, -0.05) is 24.3 Å². The number of rotatable bonds is 4. The van der Waals surface area contributed by atoms with Crippen molar-refractivity contribution in [1.82, 2.24) is 20.0 Å². The number of nitrogens with one attached hydrogen (secondary N) is 2. The Bertz CT molecular complexity index is 1590. The molecule has 0 aliphatic heterocycles. The first-order valence-electron chi connectivity index (χ1n) is 10.5. The highest BCUT2D eigenvalue weighted by Crippen LogP contribution is 2.25. The molecule has 2 amide bonds. The summed E-state index contributed by atoms with van der Waals surface area (Å²) in [6.45, 7) is 0. The monoisotopic (exact) mass is 488 g/mol. The summed E-state index contributed by atoms with van der Waals surface area (Å²) in [5.74, 6) is -3.10. The van der Waals surface area contributed by atoms with Crippen molar-refractivity contribution in [2.75, 3.05) is 0 Å². The maximum atomic E-state index is 12.5. The Labute approximate surface area is 202 Å². The Morgan fingerprint density at radius 3 is 1.47 bits per heavy atom. The molecule has 2 heterocycles. The van der Waals surface area contributed by atoms with Crippen molar-refractivity contribution in [3.63, 3.8) is 0 Å². The van der Waals surface area contributed by atoms with Gasteiger partial charge in [-0.25, -0.2) is 10.9 Å². The topological polar surface area (TPSA) is 167 Å². The lowest BCUT2D eigenvalue weighted by Gasteiger charge is -2.09. The lowest BCUT2D eigenvalue weighted by atomic mass is 10.1. The summed E-state index contributed by atoms with van der Waals surface area (Å²) < 4.78 is 2.62. The molecule has 0 saturated heterocycles. The molecule has 0 unspecified atom stereocenters.